The summed E-state index contributed by atoms with van der Waals surface area (Å²) in [6.45, 7) is 0.329. The number of nitrogen functional groups attached to an aromatic ring is 1. The second kappa shape index (κ2) is 9.58. The van der Waals surface area contributed by atoms with Gasteiger partial charge in [-0.3, -0.25) is 9.59 Å². The van der Waals surface area contributed by atoms with Gasteiger partial charge in [0.25, 0.3) is 11.8 Å². The monoisotopic (exact) mass is 481 g/mol. The molecular weight excluding hydrogens is 454 g/mol. The first-order valence-electron chi connectivity index (χ1n) is 11.7. The third-order valence-electron chi connectivity index (χ3n) is 6.62. The molecule has 1 unspecified atom stereocenters. The maximum atomic E-state index is 12.6. The molecule has 0 radical (unpaired) electrons. The molecule has 0 bridgehead atoms. The molecule has 0 fully saturated rings. The van der Waals surface area contributed by atoms with E-state index in [2.05, 4.69) is 17.4 Å². The number of amides is 2. The fourth-order valence-electron chi connectivity index (χ4n) is 4.81. The summed E-state index contributed by atoms with van der Waals surface area (Å²) in [6.07, 6.45) is 1.78. The van der Waals surface area contributed by atoms with Crippen LogP contribution in [0.1, 0.15) is 49.9 Å². The summed E-state index contributed by atoms with van der Waals surface area (Å²) in [5.74, 6) is -0.0566. The maximum absolute atomic E-state index is 12.6. The predicted octanol–water partition coefficient (Wildman–Crippen LogP) is 3.71. The van der Waals surface area contributed by atoms with Gasteiger partial charge in [0.2, 0.25) is 0 Å². The standard InChI is InChI=1S/C28H27N5O3/c1-36-23-9-5-4-8-21(23)28(35)31-16-17-10-12-19(13-11-17)25-24(27(30)34)26(29)33(32-25)22-15-14-18-6-2-3-7-20(18)22/h2-13,22H,14-16,29H2,1H3,(H2,30,34)(H,31,35). The van der Waals surface area contributed by atoms with Crippen LogP contribution in [0.5, 0.6) is 5.75 Å². The topological polar surface area (TPSA) is 125 Å². The minimum atomic E-state index is -0.617. The highest BCUT2D eigenvalue weighted by Crippen LogP contribution is 2.38. The number of hydrogen-bond acceptors (Lipinski definition) is 5. The van der Waals surface area contributed by atoms with Crippen LogP contribution in [0.25, 0.3) is 11.3 Å². The van der Waals surface area contributed by atoms with Gasteiger partial charge in [0.1, 0.15) is 22.8 Å². The number of carbonyl (C=O) groups is 2. The van der Waals surface area contributed by atoms with Gasteiger partial charge in [-0.1, -0.05) is 60.7 Å². The molecular formula is C28H27N5O3. The van der Waals surface area contributed by atoms with Crippen LogP contribution in [0.2, 0.25) is 0 Å². The van der Waals surface area contributed by atoms with E-state index in [0.717, 1.165) is 29.5 Å². The van der Waals surface area contributed by atoms with Gasteiger partial charge in [-0.15, -0.1) is 0 Å². The summed E-state index contributed by atoms with van der Waals surface area (Å²) >= 11 is 0. The van der Waals surface area contributed by atoms with Gasteiger partial charge in [0, 0.05) is 12.1 Å². The molecule has 0 aliphatic heterocycles. The maximum Gasteiger partial charge on any atom is 0.255 e. The van der Waals surface area contributed by atoms with Crippen LogP contribution in [0.15, 0.2) is 72.8 Å². The number of aryl methyl sites for hydroxylation is 1. The van der Waals surface area contributed by atoms with E-state index in [1.165, 1.54) is 12.7 Å². The van der Waals surface area contributed by atoms with Crippen LogP contribution in [0.4, 0.5) is 5.82 Å². The Morgan fingerprint density at radius 1 is 1.06 bits per heavy atom. The minimum Gasteiger partial charge on any atom is -0.496 e. The van der Waals surface area contributed by atoms with E-state index in [4.69, 9.17) is 21.3 Å². The van der Waals surface area contributed by atoms with E-state index < -0.39 is 5.91 Å². The molecule has 36 heavy (non-hydrogen) atoms. The van der Waals surface area contributed by atoms with Crippen LogP contribution >= 0.6 is 0 Å². The normalized spacial score (nSPS) is 14.3. The average molecular weight is 482 g/mol. The van der Waals surface area contributed by atoms with Gasteiger partial charge < -0.3 is 21.5 Å². The SMILES string of the molecule is COc1ccccc1C(=O)NCc1ccc(-c2nn(C3CCc4ccccc43)c(N)c2C(N)=O)cc1. The number of anilines is 1. The van der Waals surface area contributed by atoms with Crippen LogP contribution < -0.4 is 21.5 Å². The predicted molar refractivity (Wildman–Crippen MR) is 138 cm³/mol. The third kappa shape index (κ3) is 4.17. The molecule has 5 rings (SSSR count). The van der Waals surface area contributed by atoms with Crippen molar-refractivity contribution in [1.82, 2.24) is 15.1 Å². The lowest BCUT2D eigenvalue weighted by Crippen LogP contribution is -2.23. The number of para-hydroxylation sites is 1. The zero-order valence-electron chi connectivity index (χ0n) is 19.9. The van der Waals surface area contributed by atoms with E-state index in [9.17, 15) is 9.59 Å². The Hall–Kier alpha value is -4.59. The summed E-state index contributed by atoms with van der Waals surface area (Å²) in [4.78, 5) is 24.9. The van der Waals surface area contributed by atoms with E-state index in [-0.39, 0.29) is 23.3 Å². The van der Waals surface area contributed by atoms with Crippen molar-refractivity contribution in [2.75, 3.05) is 12.8 Å². The minimum absolute atomic E-state index is 0.0440. The van der Waals surface area contributed by atoms with Crippen molar-refractivity contribution in [1.29, 1.82) is 0 Å². The molecule has 5 N–H and O–H groups in total. The van der Waals surface area contributed by atoms with Gasteiger partial charge in [0.05, 0.1) is 18.7 Å². The van der Waals surface area contributed by atoms with Crippen molar-refractivity contribution < 1.29 is 14.3 Å². The molecule has 1 aromatic heterocycles. The number of methoxy groups -OCH3 is 1. The molecule has 182 valence electrons. The first-order chi connectivity index (χ1) is 17.5. The number of aromatic nitrogens is 2. The van der Waals surface area contributed by atoms with Gasteiger partial charge in [0.15, 0.2) is 0 Å². The summed E-state index contributed by atoms with van der Waals surface area (Å²) in [6, 6.07) is 22.7. The molecule has 1 atom stereocenters. The van der Waals surface area contributed by atoms with Crippen molar-refractivity contribution in [3.63, 3.8) is 0 Å². The molecule has 0 spiro atoms. The number of fused-ring (bicyclic) bond motifs is 1. The summed E-state index contributed by atoms with van der Waals surface area (Å²) in [7, 11) is 1.53. The Bertz CT molecular complexity index is 1440. The Morgan fingerprint density at radius 3 is 2.53 bits per heavy atom. The van der Waals surface area contributed by atoms with Gasteiger partial charge in [-0.05, 0) is 41.7 Å². The Labute approximate surface area is 208 Å². The largest absolute Gasteiger partial charge is 0.496 e. The van der Waals surface area contributed by atoms with Crippen LogP contribution in [-0.4, -0.2) is 28.7 Å². The molecule has 1 aliphatic carbocycles. The number of ether oxygens (including phenoxy) is 1. The molecule has 2 amide bonds. The molecule has 0 saturated carbocycles. The molecule has 1 aliphatic rings. The molecule has 8 nitrogen and oxygen atoms in total. The van der Waals surface area contributed by atoms with Crippen LogP contribution in [0, 0.1) is 0 Å². The molecule has 8 heteroatoms. The number of benzene rings is 3. The third-order valence-corrected chi connectivity index (χ3v) is 6.62. The Kier molecular flexibility index (Phi) is 6.16. The van der Waals surface area contributed by atoms with E-state index in [0.29, 0.717) is 23.6 Å². The van der Waals surface area contributed by atoms with Crippen molar-refractivity contribution in [2.45, 2.75) is 25.4 Å². The second-order valence-corrected chi connectivity index (χ2v) is 8.75. The summed E-state index contributed by atoms with van der Waals surface area (Å²) in [5, 5.41) is 7.66. The molecule has 3 aromatic carbocycles. The Balaban J connectivity index is 1.38. The summed E-state index contributed by atoms with van der Waals surface area (Å²) < 4.78 is 6.99. The lowest BCUT2D eigenvalue weighted by Gasteiger charge is -2.14. The number of nitrogens with one attached hydrogen (secondary N) is 1. The lowest BCUT2D eigenvalue weighted by molar-refractivity contribution is 0.0946. The van der Waals surface area contributed by atoms with E-state index in [1.54, 1.807) is 22.9 Å². The second-order valence-electron chi connectivity index (χ2n) is 8.75. The van der Waals surface area contributed by atoms with Crippen molar-refractivity contribution in [3.8, 4) is 17.0 Å². The highest BCUT2D eigenvalue weighted by Gasteiger charge is 2.30. The number of nitrogens with two attached hydrogens (primary N) is 2. The number of carbonyl (C=O) groups excluding carboxylic acids is 2. The zero-order chi connectivity index (χ0) is 25.2. The molecule has 1 heterocycles. The lowest BCUT2D eigenvalue weighted by atomic mass is 10.0. The van der Waals surface area contributed by atoms with Gasteiger partial charge in [-0.25, -0.2) is 4.68 Å². The molecule has 0 saturated heterocycles. The summed E-state index contributed by atoms with van der Waals surface area (Å²) in [5.41, 5.74) is 17.3. The number of rotatable bonds is 7. The highest BCUT2D eigenvalue weighted by atomic mass is 16.5. The number of primary amides is 1. The van der Waals surface area contributed by atoms with Gasteiger partial charge >= 0.3 is 0 Å². The van der Waals surface area contributed by atoms with Crippen molar-refractivity contribution >= 4 is 17.6 Å². The zero-order valence-corrected chi connectivity index (χ0v) is 19.9. The fraction of sp³-hybridized carbons (Fsp3) is 0.179. The smallest absolute Gasteiger partial charge is 0.255 e. The Morgan fingerprint density at radius 2 is 1.78 bits per heavy atom. The van der Waals surface area contributed by atoms with Crippen molar-refractivity contribution in [3.05, 3.63) is 101 Å². The van der Waals surface area contributed by atoms with Gasteiger partial charge in [-0.2, -0.15) is 5.10 Å². The fourth-order valence-corrected chi connectivity index (χ4v) is 4.81. The van der Waals surface area contributed by atoms with Crippen LogP contribution in [0.3, 0.4) is 0 Å². The number of hydrogen-bond donors (Lipinski definition) is 3. The average Bonchev–Trinajstić information content (AvgIpc) is 3.48. The first kappa shape index (κ1) is 23.2. The molecule has 4 aromatic rings. The highest BCUT2D eigenvalue weighted by molar-refractivity contribution is 6.03. The number of nitrogens with zero attached hydrogens (tertiary/aromatic N) is 2. The van der Waals surface area contributed by atoms with Crippen LogP contribution in [-0.2, 0) is 13.0 Å². The van der Waals surface area contributed by atoms with Crippen molar-refractivity contribution in [2.24, 2.45) is 5.73 Å². The quantitative estimate of drug-likeness (QED) is 0.371. The first-order valence-corrected chi connectivity index (χ1v) is 11.7. The van der Waals surface area contributed by atoms with E-state index >= 15 is 0 Å². The van der Waals surface area contributed by atoms with E-state index in [1.807, 2.05) is 42.5 Å².